The highest BCUT2D eigenvalue weighted by Gasteiger charge is 2.17. The van der Waals surface area contributed by atoms with E-state index in [9.17, 15) is 14.0 Å². The first-order valence-electron chi connectivity index (χ1n) is 6.02. The molecule has 2 amide bonds. The quantitative estimate of drug-likeness (QED) is 0.708. The third-order valence-corrected chi connectivity index (χ3v) is 2.86. The molecule has 0 aromatic heterocycles. The first kappa shape index (κ1) is 16.1. The van der Waals surface area contributed by atoms with Gasteiger partial charge in [0.15, 0.2) is 0 Å². The smallest absolute Gasteiger partial charge is 0.248 e. The molecular weight excluding hydrogens is 265 g/mol. The zero-order chi connectivity index (χ0) is 15.3. The average molecular weight is 283 g/mol. The summed E-state index contributed by atoms with van der Waals surface area (Å²) in [5.74, 6) is -1.88. The second-order valence-corrected chi connectivity index (χ2v) is 4.37. The van der Waals surface area contributed by atoms with E-state index < -0.39 is 23.7 Å². The zero-order valence-corrected chi connectivity index (χ0v) is 11.4. The summed E-state index contributed by atoms with van der Waals surface area (Å²) in [5, 5.41) is 2.49. The molecule has 0 saturated heterocycles. The van der Waals surface area contributed by atoms with Crippen molar-refractivity contribution in [2.75, 3.05) is 19.0 Å². The molecule has 1 aromatic carbocycles. The Balaban J connectivity index is 2.91. The molecule has 0 heterocycles. The molecule has 7 heteroatoms. The number of ether oxygens (including phenoxy) is 1. The third kappa shape index (κ3) is 4.01. The van der Waals surface area contributed by atoms with Gasteiger partial charge in [-0.05, 0) is 25.5 Å². The number of carbonyl (C=O) groups is 2. The van der Waals surface area contributed by atoms with Crippen LogP contribution in [-0.2, 0) is 9.53 Å². The molecule has 0 radical (unpaired) electrons. The van der Waals surface area contributed by atoms with Gasteiger partial charge in [0.2, 0.25) is 11.8 Å². The van der Waals surface area contributed by atoms with Gasteiger partial charge in [-0.15, -0.1) is 0 Å². The number of anilines is 1. The van der Waals surface area contributed by atoms with Crippen LogP contribution in [0.2, 0.25) is 0 Å². The fourth-order valence-electron chi connectivity index (χ4n) is 1.55. The highest BCUT2D eigenvalue weighted by Crippen LogP contribution is 2.20. The van der Waals surface area contributed by atoms with E-state index in [0.29, 0.717) is 13.0 Å². The van der Waals surface area contributed by atoms with Crippen molar-refractivity contribution in [1.29, 1.82) is 0 Å². The van der Waals surface area contributed by atoms with E-state index in [4.69, 9.17) is 16.2 Å². The van der Waals surface area contributed by atoms with Crippen molar-refractivity contribution in [3.63, 3.8) is 0 Å². The van der Waals surface area contributed by atoms with Crippen LogP contribution < -0.4 is 16.8 Å². The second kappa shape index (κ2) is 6.97. The van der Waals surface area contributed by atoms with E-state index in [2.05, 4.69) is 5.32 Å². The van der Waals surface area contributed by atoms with Crippen LogP contribution in [0.3, 0.4) is 0 Å². The van der Waals surface area contributed by atoms with Crippen LogP contribution >= 0.6 is 0 Å². The Labute approximate surface area is 116 Å². The zero-order valence-electron chi connectivity index (χ0n) is 11.4. The molecule has 0 spiro atoms. The lowest BCUT2D eigenvalue weighted by molar-refractivity contribution is -0.117. The van der Waals surface area contributed by atoms with E-state index >= 15 is 0 Å². The van der Waals surface area contributed by atoms with Gasteiger partial charge in [0.1, 0.15) is 5.82 Å². The molecule has 0 bridgehead atoms. The highest BCUT2D eigenvalue weighted by atomic mass is 19.1. The predicted molar refractivity (Wildman–Crippen MR) is 72.8 cm³/mol. The number of rotatable bonds is 6. The Hall–Kier alpha value is -1.99. The number of halogens is 1. The van der Waals surface area contributed by atoms with Gasteiger partial charge in [-0.25, -0.2) is 4.39 Å². The van der Waals surface area contributed by atoms with Gasteiger partial charge in [-0.2, -0.15) is 0 Å². The van der Waals surface area contributed by atoms with Crippen molar-refractivity contribution in [2.24, 2.45) is 11.5 Å². The molecule has 110 valence electrons. The summed E-state index contributed by atoms with van der Waals surface area (Å²) in [6.45, 7) is 1.82. The van der Waals surface area contributed by atoms with Gasteiger partial charge in [-0.3, -0.25) is 9.59 Å². The van der Waals surface area contributed by atoms with Crippen LogP contribution in [0, 0.1) is 12.7 Å². The van der Waals surface area contributed by atoms with Crippen LogP contribution in [0.5, 0.6) is 0 Å². The maximum atomic E-state index is 13.6. The number of carbonyl (C=O) groups excluding carboxylic acids is 2. The second-order valence-electron chi connectivity index (χ2n) is 4.37. The lowest BCUT2D eigenvalue weighted by atomic mass is 10.1. The van der Waals surface area contributed by atoms with Gasteiger partial charge < -0.3 is 21.5 Å². The van der Waals surface area contributed by atoms with Crippen LogP contribution in [0.25, 0.3) is 0 Å². The summed E-state index contributed by atoms with van der Waals surface area (Å²) >= 11 is 0. The van der Waals surface area contributed by atoms with E-state index in [1.54, 1.807) is 0 Å². The maximum absolute atomic E-state index is 13.6. The fraction of sp³-hybridized carbons (Fsp3) is 0.385. The molecule has 0 aliphatic rings. The number of hydrogen-bond acceptors (Lipinski definition) is 4. The Kier molecular flexibility index (Phi) is 5.60. The van der Waals surface area contributed by atoms with Crippen molar-refractivity contribution in [3.05, 3.63) is 29.1 Å². The monoisotopic (exact) mass is 283 g/mol. The molecule has 1 rings (SSSR count). The summed E-state index contributed by atoms with van der Waals surface area (Å²) < 4.78 is 18.5. The molecule has 5 N–H and O–H groups in total. The molecule has 0 fully saturated rings. The topological polar surface area (TPSA) is 107 Å². The summed E-state index contributed by atoms with van der Waals surface area (Å²) in [5.41, 5.74) is 11.1. The molecule has 1 atom stereocenters. The lowest BCUT2D eigenvalue weighted by Gasteiger charge is -2.14. The molecular formula is C13H18FN3O3. The van der Waals surface area contributed by atoms with Gasteiger partial charge in [0.25, 0.3) is 0 Å². The largest absolute Gasteiger partial charge is 0.385 e. The molecule has 1 aromatic rings. The number of methoxy groups -OCH3 is 1. The molecule has 0 aliphatic carbocycles. The minimum Gasteiger partial charge on any atom is -0.385 e. The molecule has 0 aliphatic heterocycles. The SMILES string of the molecule is COCCC(N)C(=O)Nc1cc(C(N)=O)cc(F)c1C. The number of hydrogen-bond donors (Lipinski definition) is 3. The number of amides is 2. The van der Waals surface area contributed by atoms with E-state index in [0.717, 1.165) is 6.07 Å². The van der Waals surface area contributed by atoms with E-state index in [1.165, 1.54) is 20.1 Å². The Morgan fingerprint density at radius 2 is 2.10 bits per heavy atom. The molecule has 6 nitrogen and oxygen atoms in total. The number of nitrogens with one attached hydrogen (secondary N) is 1. The van der Waals surface area contributed by atoms with Crippen molar-refractivity contribution < 1.29 is 18.7 Å². The number of primary amides is 1. The fourth-order valence-corrected chi connectivity index (χ4v) is 1.55. The average Bonchev–Trinajstić information content (AvgIpc) is 2.40. The molecule has 20 heavy (non-hydrogen) atoms. The lowest BCUT2D eigenvalue weighted by Crippen LogP contribution is -2.36. The van der Waals surface area contributed by atoms with Crippen molar-refractivity contribution in [3.8, 4) is 0 Å². The van der Waals surface area contributed by atoms with Crippen LogP contribution in [0.1, 0.15) is 22.3 Å². The standard InChI is InChI=1S/C13H18FN3O3/c1-7-9(14)5-8(12(16)18)6-11(7)17-13(19)10(15)3-4-20-2/h5-6,10H,3-4,15H2,1-2H3,(H2,16,18)(H,17,19). The Morgan fingerprint density at radius 3 is 2.65 bits per heavy atom. The highest BCUT2D eigenvalue weighted by molar-refractivity contribution is 5.98. The van der Waals surface area contributed by atoms with Gasteiger partial charge >= 0.3 is 0 Å². The van der Waals surface area contributed by atoms with Crippen molar-refractivity contribution >= 4 is 17.5 Å². The van der Waals surface area contributed by atoms with Crippen molar-refractivity contribution in [2.45, 2.75) is 19.4 Å². The minimum absolute atomic E-state index is 0.0196. The summed E-state index contributed by atoms with van der Waals surface area (Å²) in [7, 11) is 1.50. The van der Waals surface area contributed by atoms with Crippen molar-refractivity contribution in [1.82, 2.24) is 0 Å². The van der Waals surface area contributed by atoms with Gasteiger partial charge in [0.05, 0.1) is 6.04 Å². The molecule has 0 saturated carbocycles. The van der Waals surface area contributed by atoms with E-state index in [1.807, 2.05) is 0 Å². The Bertz CT molecular complexity index is 520. The first-order valence-corrected chi connectivity index (χ1v) is 6.02. The third-order valence-electron chi connectivity index (χ3n) is 2.86. The summed E-state index contributed by atoms with van der Waals surface area (Å²) in [6, 6.07) is 1.56. The van der Waals surface area contributed by atoms with E-state index in [-0.39, 0.29) is 16.8 Å². The van der Waals surface area contributed by atoms with Crippen LogP contribution in [-0.4, -0.2) is 31.6 Å². The molecule has 1 unspecified atom stereocenters. The van der Waals surface area contributed by atoms with Gasteiger partial charge in [-0.1, -0.05) is 0 Å². The minimum atomic E-state index is -0.783. The Morgan fingerprint density at radius 1 is 1.45 bits per heavy atom. The normalized spacial score (nSPS) is 12.0. The number of benzene rings is 1. The predicted octanol–water partition coefficient (Wildman–Crippen LogP) is 0.535. The summed E-state index contributed by atoms with van der Waals surface area (Å²) in [4.78, 5) is 22.9. The maximum Gasteiger partial charge on any atom is 0.248 e. The van der Waals surface area contributed by atoms with Crippen LogP contribution in [0.15, 0.2) is 12.1 Å². The van der Waals surface area contributed by atoms with Crippen LogP contribution in [0.4, 0.5) is 10.1 Å². The van der Waals surface area contributed by atoms with Gasteiger partial charge in [0, 0.05) is 30.5 Å². The summed E-state index contributed by atoms with van der Waals surface area (Å²) in [6.07, 6.45) is 0.333. The number of nitrogens with two attached hydrogens (primary N) is 2. The first-order chi connectivity index (χ1) is 9.36.